The Morgan fingerprint density at radius 3 is 2.40 bits per heavy atom. The molecule has 0 aromatic rings. The maximum absolute atomic E-state index is 4.67. The molecular weight excluding hydrogens is 364 g/mol. The first kappa shape index (κ1) is 24.8. The van der Waals surface area contributed by atoms with Gasteiger partial charge in [-0.05, 0) is 61.1 Å². The van der Waals surface area contributed by atoms with Crippen molar-refractivity contribution in [1.82, 2.24) is 0 Å². The minimum Gasteiger partial charge on any atom is -0.269 e. The van der Waals surface area contributed by atoms with E-state index >= 15 is 0 Å². The van der Waals surface area contributed by atoms with Gasteiger partial charge in [-0.3, -0.25) is 4.99 Å². The van der Waals surface area contributed by atoms with Crippen LogP contribution in [0.1, 0.15) is 34.1 Å². The van der Waals surface area contributed by atoms with Gasteiger partial charge in [0.25, 0.3) is 0 Å². The molecule has 156 valence electrons. The van der Waals surface area contributed by atoms with E-state index in [9.17, 15) is 0 Å². The molecule has 0 N–H and O–H groups in total. The molecule has 0 saturated carbocycles. The molecule has 0 fully saturated rings. The van der Waals surface area contributed by atoms with Crippen LogP contribution in [-0.4, -0.2) is 18.6 Å². The molecule has 0 aromatic heterocycles. The predicted octanol–water partition coefficient (Wildman–Crippen LogP) is 7.61. The number of allylic oxidation sites excluding steroid dienone is 15. The molecule has 1 rings (SSSR count). The van der Waals surface area contributed by atoms with Gasteiger partial charge < -0.3 is 0 Å². The fourth-order valence-electron chi connectivity index (χ4n) is 2.70. The normalized spacial score (nSPS) is 20.5. The van der Waals surface area contributed by atoms with Crippen LogP contribution in [0.5, 0.6) is 0 Å². The Morgan fingerprint density at radius 2 is 1.80 bits per heavy atom. The minimum atomic E-state index is 0.548. The molecular formula is C28H34N2. The first-order chi connectivity index (χ1) is 14.4. The lowest BCUT2D eigenvalue weighted by atomic mass is 9.91. The van der Waals surface area contributed by atoms with Crippen LogP contribution in [0, 0.1) is 0 Å². The highest BCUT2D eigenvalue weighted by atomic mass is 14.9. The van der Waals surface area contributed by atoms with E-state index in [0.717, 1.165) is 51.1 Å². The number of nitrogens with zero attached hydrogens (tertiary/aromatic N) is 2. The third-order valence-corrected chi connectivity index (χ3v) is 4.80. The van der Waals surface area contributed by atoms with Gasteiger partial charge in [-0.1, -0.05) is 87.4 Å². The van der Waals surface area contributed by atoms with Crippen LogP contribution in [0.25, 0.3) is 0 Å². The van der Waals surface area contributed by atoms with Crippen molar-refractivity contribution in [2.75, 3.05) is 6.54 Å². The molecule has 0 unspecified atom stereocenters. The molecule has 0 spiro atoms. The maximum atomic E-state index is 4.67. The van der Waals surface area contributed by atoms with E-state index in [1.54, 1.807) is 6.34 Å². The average molecular weight is 399 g/mol. The van der Waals surface area contributed by atoms with Crippen LogP contribution in [-0.2, 0) is 0 Å². The lowest BCUT2D eigenvalue weighted by Gasteiger charge is -2.15. The van der Waals surface area contributed by atoms with Crippen molar-refractivity contribution in [2.24, 2.45) is 9.98 Å². The van der Waals surface area contributed by atoms with Crippen molar-refractivity contribution >= 4 is 12.1 Å². The summed E-state index contributed by atoms with van der Waals surface area (Å²) < 4.78 is 0. The molecule has 0 bridgehead atoms. The molecule has 1 aliphatic heterocycles. The van der Waals surface area contributed by atoms with Crippen LogP contribution >= 0.6 is 0 Å². The number of hydrogen-bond acceptors (Lipinski definition) is 2. The first-order valence-corrected chi connectivity index (χ1v) is 10.2. The number of hydrogen-bond donors (Lipinski definition) is 0. The topological polar surface area (TPSA) is 24.7 Å². The average Bonchev–Trinajstić information content (AvgIpc) is 2.76. The fraction of sp³-hybridized carbons (Fsp3) is 0.214. The van der Waals surface area contributed by atoms with Crippen LogP contribution in [0.15, 0.2) is 130 Å². The number of rotatable bonds is 8. The van der Waals surface area contributed by atoms with E-state index < -0.39 is 0 Å². The van der Waals surface area contributed by atoms with Gasteiger partial charge in [0.05, 0.1) is 12.3 Å². The predicted molar refractivity (Wildman–Crippen MR) is 136 cm³/mol. The largest absolute Gasteiger partial charge is 0.269 e. The van der Waals surface area contributed by atoms with Gasteiger partial charge in [-0.2, -0.15) is 0 Å². The summed E-state index contributed by atoms with van der Waals surface area (Å²) in [6, 6.07) is 0. The summed E-state index contributed by atoms with van der Waals surface area (Å²) in [5.74, 6) is 0. The zero-order valence-corrected chi connectivity index (χ0v) is 18.9. The van der Waals surface area contributed by atoms with Crippen LogP contribution in [0.2, 0.25) is 0 Å². The second-order valence-electron chi connectivity index (χ2n) is 6.96. The summed E-state index contributed by atoms with van der Waals surface area (Å²) in [5.41, 5.74) is 7.83. The van der Waals surface area contributed by atoms with Crippen LogP contribution < -0.4 is 0 Å². The monoisotopic (exact) mass is 398 g/mol. The van der Waals surface area contributed by atoms with Gasteiger partial charge in [0.2, 0.25) is 0 Å². The minimum absolute atomic E-state index is 0.548. The zero-order chi connectivity index (χ0) is 22.5. The Hall–Kier alpha value is -3.26. The van der Waals surface area contributed by atoms with Gasteiger partial charge in [0.1, 0.15) is 6.34 Å². The van der Waals surface area contributed by atoms with Crippen molar-refractivity contribution in [2.45, 2.75) is 34.1 Å². The molecule has 2 nitrogen and oxygen atoms in total. The quantitative estimate of drug-likeness (QED) is 0.376. The molecule has 1 heterocycles. The van der Waals surface area contributed by atoms with Gasteiger partial charge in [-0.15, -0.1) is 0 Å². The van der Waals surface area contributed by atoms with E-state index in [0.29, 0.717) is 6.54 Å². The van der Waals surface area contributed by atoms with Crippen molar-refractivity contribution in [3.8, 4) is 0 Å². The summed E-state index contributed by atoms with van der Waals surface area (Å²) in [4.78, 5) is 9.11. The smallest absolute Gasteiger partial charge is 0.111 e. The molecule has 0 aliphatic carbocycles. The van der Waals surface area contributed by atoms with E-state index in [1.165, 1.54) is 0 Å². The third-order valence-electron chi connectivity index (χ3n) is 4.80. The fourth-order valence-corrected chi connectivity index (χ4v) is 2.70. The Bertz CT molecular complexity index is 935. The summed E-state index contributed by atoms with van der Waals surface area (Å²) >= 11 is 0. The van der Waals surface area contributed by atoms with Gasteiger partial charge in [-0.25, -0.2) is 4.99 Å². The van der Waals surface area contributed by atoms with Crippen molar-refractivity contribution in [1.29, 1.82) is 0 Å². The summed E-state index contributed by atoms with van der Waals surface area (Å²) in [7, 11) is 0. The highest BCUT2D eigenvalue weighted by molar-refractivity contribution is 6.18. The third kappa shape index (κ3) is 7.29. The van der Waals surface area contributed by atoms with E-state index in [-0.39, 0.29) is 0 Å². The Morgan fingerprint density at radius 1 is 1.07 bits per heavy atom. The molecule has 2 heteroatoms. The van der Waals surface area contributed by atoms with Crippen molar-refractivity contribution < 1.29 is 0 Å². The molecule has 0 saturated heterocycles. The highest BCUT2D eigenvalue weighted by Crippen LogP contribution is 2.24. The van der Waals surface area contributed by atoms with Crippen molar-refractivity contribution in [3.05, 3.63) is 120 Å². The lowest BCUT2D eigenvalue weighted by molar-refractivity contribution is 1.20. The van der Waals surface area contributed by atoms with Crippen LogP contribution in [0.4, 0.5) is 0 Å². The second kappa shape index (κ2) is 13.1. The van der Waals surface area contributed by atoms with Gasteiger partial charge >= 0.3 is 0 Å². The van der Waals surface area contributed by atoms with E-state index in [4.69, 9.17) is 0 Å². The molecule has 0 radical (unpaired) electrons. The molecule has 0 amide bonds. The molecule has 0 atom stereocenters. The Labute approximate surface area is 182 Å². The zero-order valence-electron chi connectivity index (χ0n) is 18.9. The summed E-state index contributed by atoms with van der Waals surface area (Å²) in [5, 5.41) is 0. The number of aliphatic imine (C=N–C) groups is 2. The summed E-state index contributed by atoms with van der Waals surface area (Å²) in [6.07, 6.45) is 20.5. The van der Waals surface area contributed by atoms with E-state index in [2.05, 4.69) is 74.5 Å². The molecule has 30 heavy (non-hydrogen) atoms. The Balaban J connectivity index is 3.70. The van der Waals surface area contributed by atoms with Gasteiger partial charge in [0.15, 0.2) is 0 Å². The maximum Gasteiger partial charge on any atom is 0.111 e. The molecule has 0 aromatic carbocycles. The van der Waals surface area contributed by atoms with Crippen LogP contribution in [0.3, 0.4) is 0 Å². The molecule has 1 aliphatic rings. The SMILES string of the molecule is C=C/C1=C/C(=C)C(C(=C/C=C(\C)C=C)/C(C)=C(\C)C=C)=NC=NC/C=C1/C=C\CC. The van der Waals surface area contributed by atoms with Gasteiger partial charge in [0, 0.05) is 5.57 Å². The summed E-state index contributed by atoms with van der Waals surface area (Å²) in [6.45, 7) is 24.9. The van der Waals surface area contributed by atoms with Crippen molar-refractivity contribution in [3.63, 3.8) is 0 Å². The standard InChI is InChI=1S/C28H34N2/c1-9-13-14-26-17-18-29-20-30-28(23(7)19-25(26)12-4)27(16-15-21(5)10-2)24(8)22(6)11-3/h10-17,19-20H,2-4,7,9,18H2,1,5-6,8H3/b14-13-,21-15+,24-22+,25-19-,26-17-,27-16+,29-20?,30-28?. The van der Waals surface area contributed by atoms with E-state index in [1.807, 2.05) is 44.2 Å². The Kier molecular flexibility index (Phi) is 10.8. The lowest BCUT2D eigenvalue weighted by Crippen LogP contribution is -2.09. The second-order valence-corrected chi connectivity index (χ2v) is 6.96. The highest BCUT2D eigenvalue weighted by Gasteiger charge is 2.14. The first-order valence-electron chi connectivity index (χ1n) is 10.2.